The number of benzene rings is 2. The molecule has 0 radical (unpaired) electrons. The van der Waals surface area contributed by atoms with Crippen molar-refractivity contribution < 1.29 is 33.0 Å². The number of likely N-dealkylation sites (tertiary alicyclic amines) is 1. The molecule has 1 N–H and O–H groups in total. The lowest BCUT2D eigenvalue weighted by Gasteiger charge is -2.24. The predicted molar refractivity (Wildman–Crippen MR) is 122 cm³/mol. The van der Waals surface area contributed by atoms with E-state index in [4.69, 9.17) is 13.9 Å². The minimum atomic E-state index is -0.907. The Balaban J connectivity index is 1.81. The summed E-state index contributed by atoms with van der Waals surface area (Å²) in [7, 11) is 1.33. The second-order valence-corrected chi connectivity index (χ2v) is 7.77. The second kappa shape index (κ2) is 9.82. The molecular weight excluding hydrogens is 441 g/mol. The van der Waals surface area contributed by atoms with Crippen molar-refractivity contribution in [3.63, 3.8) is 0 Å². The number of hydrogen-bond donors (Lipinski definition) is 1. The summed E-state index contributed by atoms with van der Waals surface area (Å²) in [5.41, 5.74) is 0.510. The first kappa shape index (κ1) is 23.1. The monoisotopic (exact) mass is 465 g/mol. The van der Waals surface area contributed by atoms with Crippen molar-refractivity contribution in [3.8, 4) is 11.5 Å². The Morgan fingerprint density at radius 3 is 2.53 bits per heavy atom. The van der Waals surface area contributed by atoms with Crippen LogP contribution in [0.2, 0.25) is 0 Å². The first-order valence-corrected chi connectivity index (χ1v) is 10.8. The number of carbonyl (C=O) groups is 2. The van der Waals surface area contributed by atoms with E-state index in [0.717, 1.165) is 12.5 Å². The highest BCUT2D eigenvalue weighted by molar-refractivity contribution is 6.46. The molecule has 3 aromatic rings. The summed E-state index contributed by atoms with van der Waals surface area (Å²) in [6.45, 7) is 2.57. The minimum Gasteiger partial charge on any atom is -0.507 e. The normalized spacial score (nSPS) is 17.3. The zero-order valence-corrected chi connectivity index (χ0v) is 18.8. The number of hydrogen-bond acceptors (Lipinski definition) is 6. The fraction of sp³-hybridized carbons (Fsp3) is 0.231. The van der Waals surface area contributed by atoms with Crippen LogP contribution in [0.1, 0.15) is 36.3 Å². The maximum atomic E-state index is 14.3. The number of amides is 1. The number of ketones is 1. The molecule has 0 saturated carbocycles. The summed E-state index contributed by atoms with van der Waals surface area (Å²) < 4.78 is 30.3. The molecule has 7 nitrogen and oxygen atoms in total. The van der Waals surface area contributed by atoms with E-state index >= 15 is 0 Å². The van der Waals surface area contributed by atoms with Crippen LogP contribution in [0.5, 0.6) is 11.5 Å². The van der Waals surface area contributed by atoms with Gasteiger partial charge in [-0.2, -0.15) is 0 Å². The maximum absolute atomic E-state index is 14.3. The van der Waals surface area contributed by atoms with Crippen LogP contribution >= 0.6 is 0 Å². The van der Waals surface area contributed by atoms with E-state index in [9.17, 15) is 19.1 Å². The van der Waals surface area contributed by atoms with Crippen LogP contribution in [0.15, 0.2) is 70.9 Å². The second-order valence-electron chi connectivity index (χ2n) is 7.77. The largest absolute Gasteiger partial charge is 0.507 e. The number of nitrogens with zero attached hydrogens (tertiary/aromatic N) is 1. The summed E-state index contributed by atoms with van der Waals surface area (Å²) in [5.74, 6) is -1.71. The van der Waals surface area contributed by atoms with Crippen LogP contribution in [0.3, 0.4) is 0 Å². The summed E-state index contributed by atoms with van der Waals surface area (Å²) in [6.07, 6.45) is 2.32. The van der Waals surface area contributed by atoms with E-state index in [-0.39, 0.29) is 23.4 Å². The highest BCUT2D eigenvalue weighted by Crippen LogP contribution is 2.41. The Labute approximate surface area is 196 Å². The van der Waals surface area contributed by atoms with E-state index in [1.54, 1.807) is 36.4 Å². The van der Waals surface area contributed by atoms with Gasteiger partial charge in [0.2, 0.25) is 0 Å². The topological polar surface area (TPSA) is 89.2 Å². The molecule has 1 amide bonds. The molecule has 1 atom stereocenters. The molecule has 0 unspecified atom stereocenters. The molecule has 2 heterocycles. The number of methoxy groups -OCH3 is 1. The van der Waals surface area contributed by atoms with Gasteiger partial charge in [-0.05, 0) is 54.4 Å². The summed E-state index contributed by atoms with van der Waals surface area (Å²) >= 11 is 0. The smallest absolute Gasteiger partial charge is 0.296 e. The number of rotatable bonds is 8. The highest BCUT2D eigenvalue weighted by Gasteiger charge is 2.46. The van der Waals surface area contributed by atoms with Gasteiger partial charge in [-0.1, -0.05) is 19.1 Å². The molecule has 0 spiro atoms. The molecule has 176 valence electrons. The first-order valence-electron chi connectivity index (χ1n) is 10.8. The molecule has 34 heavy (non-hydrogen) atoms. The van der Waals surface area contributed by atoms with Gasteiger partial charge in [0.25, 0.3) is 11.7 Å². The lowest BCUT2D eigenvalue weighted by molar-refractivity contribution is -0.140. The van der Waals surface area contributed by atoms with E-state index < -0.39 is 29.3 Å². The Morgan fingerprint density at radius 1 is 1.15 bits per heavy atom. The van der Waals surface area contributed by atoms with Gasteiger partial charge in [-0.3, -0.25) is 9.59 Å². The molecule has 1 aromatic heterocycles. The van der Waals surface area contributed by atoms with E-state index in [2.05, 4.69) is 0 Å². The molecule has 1 saturated heterocycles. The molecule has 1 aliphatic heterocycles. The van der Waals surface area contributed by atoms with Crippen molar-refractivity contribution in [1.29, 1.82) is 0 Å². The van der Waals surface area contributed by atoms with Crippen molar-refractivity contribution in [2.24, 2.45) is 0 Å². The molecular formula is C26H24FNO6. The van der Waals surface area contributed by atoms with Gasteiger partial charge in [0, 0.05) is 5.56 Å². The Morgan fingerprint density at radius 2 is 1.91 bits per heavy atom. The highest BCUT2D eigenvalue weighted by atomic mass is 19.1. The quantitative estimate of drug-likeness (QED) is 0.291. The maximum Gasteiger partial charge on any atom is 0.296 e. The Bertz CT molecular complexity index is 1220. The molecule has 0 aliphatic carbocycles. The number of carbonyl (C=O) groups excluding carboxylic acids is 2. The van der Waals surface area contributed by atoms with Gasteiger partial charge in [-0.25, -0.2) is 4.39 Å². The minimum absolute atomic E-state index is 0.00552. The first-order chi connectivity index (χ1) is 16.4. The number of ether oxygens (including phenoxy) is 2. The van der Waals surface area contributed by atoms with Crippen LogP contribution in [-0.4, -0.2) is 35.4 Å². The van der Waals surface area contributed by atoms with Crippen LogP contribution in [0.25, 0.3) is 5.76 Å². The molecule has 4 rings (SSSR count). The standard InChI is InChI=1S/C26H24FNO6/c1-3-12-33-18-9-6-16(7-10-18)23-22(24(29)17-8-11-21(32-2)20(27)14-17)25(30)26(31)28(23)15-19-5-4-13-34-19/h4-11,13-14,23,29H,3,12,15H2,1-2H3/t23-/m0/s1. The molecule has 8 heteroatoms. The fourth-order valence-electron chi connectivity index (χ4n) is 3.90. The van der Waals surface area contributed by atoms with Gasteiger partial charge in [0.05, 0.1) is 38.1 Å². The number of aliphatic hydroxyl groups is 1. The van der Waals surface area contributed by atoms with Gasteiger partial charge >= 0.3 is 0 Å². The third-order valence-corrected chi connectivity index (χ3v) is 5.54. The lowest BCUT2D eigenvalue weighted by atomic mass is 9.95. The fourth-order valence-corrected chi connectivity index (χ4v) is 3.90. The van der Waals surface area contributed by atoms with E-state index in [0.29, 0.717) is 23.7 Å². The number of Topliss-reactive ketones (excluding diaryl/α,β-unsaturated/α-hetero) is 1. The third-order valence-electron chi connectivity index (χ3n) is 5.54. The zero-order valence-electron chi connectivity index (χ0n) is 18.8. The summed E-state index contributed by atoms with van der Waals surface area (Å²) in [6, 6.07) is 13.3. The number of furan rings is 1. The Hall–Kier alpha value is -4.07. The number of halogens is 1. The third kappa shape index (κ3) is 4.39. The van der Waals surface area contributed by atoms with Crippen molar-refractivity contribution >= 4 is 17.4 Å². The van der Waals surface area contributed by atoms with Crippen molar-refractivity contribution in [3.05, 3.63) is 89.1 Å². The summed E-state index contributed by atoms with van der Waals surface area (Å²) in [4.78, 5) is 27.4. The van der Waals surface area contributed by atoms with Crippen molar-refractivity contribution in [1.82, 2.24) is 4.90 Å². The molecule has 2 aromatic carbocycles. The lowest BCUT2D eigenvalue weighted by Crippen LogP contribution is -2.29. The van der Waals surface area contributed by atoms with Gasteiger partial charge in [0.15, 0.2) is 11.6 Å². The molecule has 0 bridgehead atoms. The SMILES string of the molecule is CCCOc1ccc([C@H]2C(=C(O)c3ccc(OC)c(F)c3)C(=O)C(=O)N2Cc2ccco2)cc1. The van der Waals surface area contributed by atoms with Crippen molar-refractivity contribution in [2.75, 3.05) is 13.7 Å². The van der Waals surface area contributed by atoms with Gasteiger partial charge in [0.1, 0.15) is 17.3 Å². The number of aliphatic hydroxyl groups excluding tert-OH is 1. The average Bonchev–Trinajstić information content (AvgIpc) is 3.45. The van der Waals surface area contributed by atoms with Crippen LogP contribution in [0, 0.1) is 5.82 Å². The zero-order chi connectivity index (χ0) is 24.2. The van der Waals surface area contributed by atoms with Gasteiger partial charge in [-0.15, -0.1) is 0 Å². The summed E-state index contributed by atoms with van der Waals surface area (Å²) in [5, 5.41) is 11.1. The van der Waals surface area contributed by atoms with Crippen LogP contribution in [-0.2, 0) is 16.1 Å². The predicted octanol–water partition coefficient (Wildman–Crippen LogP) is 4.84. The molecule has 1 aliphatic rings. The Kier molecular flexibility index (Phi) is 6.67. The van der Waals surface area contributed by atoms with Gasteiger partial charge < -0.3 is 23.9 Å². The van der Waals surface area contributed by atoms with E-state index in [1.807, 2.05) is 6.92 Å². The van der Waals surface area contributed by atoms with Crippen LogP contribution < -0.4 is 9.47 Å². The van der Waals surface area contributed by atoms with Crippen molar-refractivity contribution in [2.45, 2.75) is 25.9 Å². The van der Waals surface area contributed by atoms with Crippen LogP contribution in [0.4, 0.5) is 4.39 Å². The molecule has 1 fully saturated rings. The average molecular weight is 465 g/mol. The van der Waals surface area contributed by atoms with E-state index in [1.165, 1.54) is 30.4 Å².